The Bertz CT molecular complexity index is 776. The Morgan fingerprint density at radius 3 is 2.30 bits per heavy atom. The predicted molar refractivity (Wildman–Crippen MR) is 104 cm³/mol. The zero-order valence-corrected chi connectivity index (χ0v) is 16.4. The highest BCUT2D eigenvalue weighted by Gasteiger charge is 2.36. The molecule has 3 rings (SSSR count). The molecule has 3 N–H and O–H groups in total. The minimum absolute atomic E-state index is 0.166. The van der Waals surface area contributed by atoms with Gasteiger partial charge in [0, 0.05) is 23.8 Å². The molecule has 164 valence electrons. The smallest absolute Gasteiger partial charge is 0.349 e. The van der Waals surface area contributed by atoms with Gasteiger partial charge >= 0.3 is 12.2 Å². The molecular formula is C20H25F3N4O3. The van der Waals surface area contributed by atoms with E-state index in [1.165, 1.54) is 4.90 Å². The number of nitrogens with one attached hydrogen (secondary N) is 3. The van der Waals surface area contributed by atoms with Crippen LogP contribution in [0.1, 0.15) is 48.9 Å². The molecule has 1 unspecified atom stereocenters. The topological polar surface area (TPSA) is 90.5 Å². The quantitative estimate of drug-likeness (QED) is 0.676. The van der Waals surface area contributed by atoms with Gasteiger partial charge in [-0.15, -0.1) is 0 Å². The molecule has 7 nitrogen and oxygen atoms in total. The van der Waals surface area contributed by atoms with E-state index in [-0.39, 0.29) is 18.5 Å². The summed E-state index contributed by atoms with van der Waals surface area (Å²) in [6.45, 7) is -1.15. The minimum Gasteiger partial charge on any atom is -0.349 e. The van der Waals surface area contributed by atoms with Crippen molar-refractivity contribution in [2.75, 3.05) is 18.4 Å². The highest BCUT2D eigenvalue weighted by molar-refractivity contribution is 5.96. The lowest BCUT2D eigenvalue weighted by Crippen LogP contribution is -2.49. The lowest BCUT2D eigenvalue weighted by atomic mass is 10.1. The van der Waals surface area contributed by atoms with E-state index in [4.69, 9.17) is 0 Å². The number of anilines is 1. The second-order valence-electron chi connectivity index (χ2n) is 7.65. The lowest BCUT2D eigenvalue weighted by molar-refractivity contribution is -0.140. The highest BCUT2D eigenvalue weighted by atomic mass is 19.4. The number of carbonyl (C=O) groups is 3. The monoisotopic (exact) mass is 426 g/mol. The Balaban J connectivity index is 1.54. The Morgan fingerprint density at radius 2 is 1.67 bits per heavy atom. The van der Waals surface area contributed by atoms with Crippen molar-refractivity contribution in [3.05, 3.63) is 29.8 Å². The van der Waals surface area contributed by atoms with Crippen LogP contribution in [0.2, 0.25) is 0 Å². The highest BCUT2D eigenvalue weighted by Crippen LogP contribution is 2.21. The molecule has 0 radical (unpaired) electrons. The van der Waals surface area contributed by atoms with E-state index in [2.05, 4.69) is 10.6 Å². The van der Waals surface area contributed by atoms with Crippen molar-refractivity contribution in [1.82, 2.24) is 15.5 Å². The minimum atomic E-state index is -4.51. The maximum absolute atomic E-state index is 12.5. The van der Waals surface area contributed by atoms with Gasteiger partial charge in [0.2, 0.25) is 5.91 Å². The van der Waals surface area contributed by atoms with E-state index < -0.39 is 30.7 Å². The van der Waals surface area contributed by atoms with Crippen LogP contribution >= 0.6 is 0 Å². The second-order valence-corrected chi connectivity index (χ2v) is 7.65. The van der Waals surface area contributed by atoms with Gasteiger partial charge in [0.05, 0.1) is 0 Å². The van der Waals surface area contributed by atoms with E-state index in [9.17, 15) is 27.6 Å². The molecule has 1 atom stereocenters. The van der Waals surface area contributed by atoms with Crippen molar-refractivity contribution in [1.29, 1.82) is 0 Å². The summed E-state index contributed by atoms with van der Waals surface area (Å²) in [5.74, 6) is -0.986. The Kier molecular flexibility index (Phi) is 6.84. The van der Waals surface area contributed by atoms with Gasteiger partial charge in [0.15, 0.2) is 0 Å². The summed E-state index contributed by atoms with van der Waals surface area (Å²) in [4.78, 5) is 38.0. The van der Waals surface area contributed by atoms with Gasteiger partial charge in [0.25, 0.3) is 5.91 Å². The standard InChI is InChI=1S/C20H25F3N4O3/c21-20(22,23)12-24-18(29)16-6-3-11-27(16)19(30)26-15-9-7-13(8-10-15)17(28)25-14-4-1-2-5-14/h7-10,14,16H,1-6,11-12H2,(H,24,29)(H,25,28)(H,26,30). The van der Waals surface area contributed by atoms with Crippen LogP contribution in [0.5, 0.6) is 0 Å². The summed E-state index contributed by atoms with van der Waals surface area (Å²) in [6, 6.07) is 5.04. The average molecular weight is 426 g/mol. The van der Waals surface area contributed by atoms with E-state index in [1.807, 2.05) is 5.32 Å². The molecule has 10 heteroatoms. The molecule has 1 saturated heterocycles. The normalized spacial score (nSPS) is 19.6. The predicted octanol–water partition coefficient (Wildman–Crippen LogP) is 3.03. The maximum Gasteiger partial charge on any atom is 0.405 e. The number of halogens is 3. The van der Waals surface area contributed by atoms with Gasteiger partial charge in [0.1, 0.15) is 12.6 Å². The Morgan fingerprint density at radius 1 is 1.00 bits per heavy atom. The zero-order chi connectivity index (χ0) is 21.7. The fourth-order valence-corrected chi connectivity index (χ4v) is 3.83. The van der Waals surface area contributed by atoms with Gasteiger partial charge in [-0.2, -0.15) is 13.2 Å². The van der Waals surface area contributed by atoms with E-state index in [0.717, 1.165) is 25.7 Å². The largest absolute Gasteiger partial charge is 0.405 e. The number of benzene rings is 1. The summed E-state index contributed by atoms with van der Waals surface area (Å²) in [5.41, 5.74) is 0.907. The van der Waals surface area contributed by atoms with Crippen molar-refractivity contribution in [3.63, 3.8) is 0 Å². The fourth-order valence-electron chi connectivity index (χ4n) is 3.83. The van der Waals surface area contributed by atoms with E-state index >= 15 is 0 Å². The summed E-state index contributed by atoms with van der Waals surface area (Å²) >= 11 is 0. The molecule has 1 aromatic rings. The number of rotatable bonds is 5. The number of nitrogens with zero attached hydrogens (tertiary/aromatic N) is 1. The molecule has 0 bridgehead atoms. The van der Waals surface area contributed by atoms with Gasteiger partial charge in [-0.25, -0.2) is 4.79 Å². The number of amides is 4. The summed E-state index contributed by atoms with van der Waals surface area (Å²) in [6.07, 6.45) is 0.506. The number of hydrogen-bond acceptors (Lipinski definition) is 3. The van der Waals surface area contributed by atoms with E-state index in [0.29, 0.717) is 24.1 Å². The Hall–Kier alpha value is -2.78. The average Bonchev–Trinajstić information content (AvgIpc) is 3.38. The van der Waals surface area contributed by atoms with Crippen LogP contribution in [0.3, 0.4) is 0 Å². The van der Waals surface area contributed by atoms with Crippen LogP contribution in [0.15, 0.2) is 24.3 Å². The number of alkyl halides is 3. The van der Waals surface area contributed by atoms with Crippen molar-refractivity contribution < 1.29 is 27.6 Å². The van der Waals surface area contributed by atoms with Crippen LogP contribution in [0, 0.1) is 0 Å². The fraction of sp³-hybridized carbons (Fsp3) is 0.550. The molecule has 0 spiro atoms. The maximum atomic E-state index is 12.5. The van der Waals surface area contributed by atoms with Crippen LogP contribution in [-0.4, -0.2) is 54.1 Å². The molecule has 1 aliphatic carbocycles. The summed E-state index contributed by atoms with van der Waals surface area (Å²) in [7, 11) is 0. The number of urea groups is 1. The van der Waals surface area contributed by atoms with Crippen molar-refractivity contribution >= 4 is 23.5 Å². The molecule has 1 aromatic carbocycles. The number of hydrogen-bond donors (Lipinski definition) is 3. The summed E-state index contributed by atoms with van der Waals surface area (Å²) < 4.78 is 36.9. The first kappa shape index (κ1) is 21.9. The molecule has 1 heterocycles. The van der Waals surface area contributed by atoms with Gasteiger partial charge in [-0.1, -0.05) is 12.8 Å². The molecule has 1 aliphatic heterocycles. The van der Waals surface area contributed by atoms with Crippen molar-refractivity contribution in [3.8, 4) is 0 Å². The van der Waals surface area contributed by atoms with Crippen molar-refractivity contribution in [2.45, 2.75) is 56.8 Å². The first-order valence-electron chi connectivity index (χ1n) is 10.1. The number of carbonyl (C=O) groups excluding carboxylic acids is 3. The second kappa shape index (κ2) is 9.36. The van der Waals surface area contributed by atoms with Crippen LogP contribution in [0.25, 0.3) is 0 Å². The first-order valence-corrected chi connectivity index (χ1v) is 10.1. The zero-order valence-electron chi connectivity index (χ0n) is 16.4. The molecular weight excluding hydrogens is 401 g/mol. The van der Waals surface area contributed by atoms with E-state index in [1.54, 1.807) is 24.3 Å². The molecule has 0 aromatic heterocycles. The van der Waals surface area contributed by atoms with Crippen molar-refractivity contribution in [2.24, 2.45) is 0 Å². The van der Waals surface area contributed by atoms with Gasteiger partial charge in [-0.05, 0) is 49.9 Å². The molecule has 30 heavy (non-hydrogen) atoms. The third kappa shape index (κ3) is 5.87. The third-order valence-corrected chi connectivity index (χ3v) is 5.37. The van der Waals surface area contributed by atoms with Crippen LogP contribution in [0.4, 0.5) is 23.7 Å². The van der Waals surface area contributed by atoms with Gasteiger partial charge < -0.3 is 20.9 Å². The van der Waals surface area contributed by atoms with Crippen LogP contribution < -0.4 is 16.0 Å². The Labute approximate surface area is 172 Å². The molecule has 2 aliphatic rings. The molecule has 2 fully saturated rings. The SMILES string of the molecule is O=C(NC1CCCC1)c1ccc(NC(=O)N2CCCC2C(=O)NCC(F)(F)F)cc1. The van der Waals surface area contributed by atoms with Crippen LogP contribution in [-0.2, 0) is 4.79 Å². The molecule has 4 amide bonds. The lowest BCUT2D eigenvalue weighted by Gasteiger charge is -2.24. The third-order valence-electron chi connectivity index (χ3n) is 5.37. The first-order chi connectivity index (χ1) is 14.2. The van der Waals surface area contributed by atoms with Gasteiger partial charge in [-0.3, -0.25) is 9.59 Å². The number of likely N-dealkylation sites (tertiary alicyclic amines) is 1. The molecule has 1 saturated carbocycles. The summed E-state index contributed by atoms with van der Waals surface area (Å²) in [5, 5.41) is 7.45.